The first-order chi connectivity index (χ1) is 13.4. The molecular formula is C18H13ClFN5O3. The van der Waals surface area contributed by atoms with Crippen LogP contribution in [0.1, 0.15) is 0 Å². The molecule has 1 fully saturated rings. The van der Waals surface area contributed by atoms with Crippen LogP contribution in [0.25, 0.3) is 0 Å². The fourth-order valence-electron chi connectivity index (χ4n) is 3.10. The van der Waals surface area contributed by atoms with Crippen LogP contribution in [0.5, 0.6) is 0 Å². The maximum Gasteiger partial charge on any atom is 0.263 e. The summed E-state index contributed by atoms with van der Waals surface area (Å²) in [6.45, 7) is -0.275. The quantitative estimate of drug-likeness (QED) is 0.796. The second-order valence-corrected chi connectivity index (χ2v) is 6.68. The molecule has 1 saturated heterocycles. The van der Waals surface area contributed by atoms with E-state index in [9.17, 15) is 18.8 Å². The van der Waals surface area contributed by atoms with Crippen LogP contribution in [-0.2, 0) is 14.4 Å². The maximum atomic E-state index is 13.5. The Kier molecular flexibility index (Phi) is 4.52. The topological polar surface area (TPSA) is 94.4 Å². The van der Waals surface area contributed by atoms with E-state index in [2.05, 4.69) is 15.7 Å². The molecule has 4 rings (SSSR count). The zero-order valence-electron chi connectivity index (χ0n) is 14.3. The highest BCUT2D eigenvalue weighted by Gasteiger charge is 2.55. The fraction of sp³-hybridized carbons (Fsp3) is 0.167. The number of fused-ring (bicyclic) bond motifs is 1. The number of benzene rings is 2. The Hall–Kier alpha value is -3.33. The van der Waals surface area contributed by atoms with Gasteiger partial charge < -0.3 is 5.32 Å². The molecule has 2 aromatic carbocycles. The van der Waals surface area contributed by atoms with E-state index in [-0.39, 0.29) is 12.2 Å². The molecule has 142 valence electrons. The Balaban J connectivity index is 1.49. The van der Waals surface area contributed by atoms with E-state index in [4.69, 9.17) is 11.6 Å². The Morgan fingerprint density at radius 1 is 1.14 bits per heavy atom. The van der Waals surface area contributed by atoms with Gasteiger partial charge in [0.05, 0.1) is 5.69 Å². The minimum Gasteiger partial charge on any atom is -0.324 e. The summed E-state index contributed by atoms with van der Waals surface area (Å²) >= 11 is 5.80. The predicted molar refractivity (Wildman–Crippen MR) is 98.1 cm³/mol. The molecule has 28 heavy (non-hydrogen) atoms. The molecule has 10 heteroatoms. The number of hydrogen-bond donors (Lipinski definition) is 1. The van der Waals surface area contributed by atoms with Crippen LogP contribution in [0, 0.1) is 5.82 Å². The van der Waals surface area contributed by atoms with E-state index in [0.29, 0.717) is 10.7 Å². The Morgan fingerprint density at radius 3 is 2.61 bits per heavy atom. The Bertz CT molecular complexity index is 997. The van der Waals surface area contributed by atoms with Crippen LogP contribution < -0.4 is 10.2 Å². The summed E-state index contributed by atoms with van der Waals surface area (Å²) in [7, 11) is 0. The van der Waals surface area contributed by atoms with Crippen molar-refractivity contribution < 1.29 is 18.8 Å². The average Bonchev–Trinajstić information content (AvgIpc) is 3.17. The molecule has 2 aliphatic rings. The smallest absolute Gasteiger partial charge is 0.263 e. The monoisotopic (exact) mass is 401 g/mol. The highest BCUT2D eigenvalue weighted by atomic mass is 35.5. The number of imide groups is 1. The highest BCUT2D eigenvalue weighted by Crippen LogP contribution is 2.32. The first-order valence-corrected chi connectivity index (χ1v) is 8.68. The second kappa shape index (κ2) is 7.01. The van der Waals surface area contributed by atoms with Crippen LogP contribution in [0.2, 0.25) is 5.02 Å². The normalized spacial score (nSPS) is 20.6. The first kappa shape index (κ1) is 18.1. The summed E-state index contributed by atoms with van der Waals surface area (Å²) in [5, 5.41) is 12.0. The van der Waals surface area contributed by atoms with E-state index in [1.165, 1.54) is 18.2 Å². The van der Waals surface area contributed by atoms with Gasteiger partial charge in [-0.25, -0.2) is 9.29 Å². The molecule has 0 unspecified atom stereocenters. The summed E-state index contributed by atoms with van der Waals surface area (Å²) in [5.74, 6) is -2.22. The van der Waals surface area contributed by atoms with Crippen molar-refractivity contribution in [2.24, 2.45) is 10.3 Å². The lowest BCUT2D eigenvalue weighted by Gasteiger charge is -2.20. The van der Waals surface area contributed by atoms with Crippen molar-refractivity contribution in [1.82, 2.24) is 5.01 Å². The van der Waals surface area contributed by atoms with Crippen molar-refractivity contribution in [3.05, 3.63) is 59.4 Å². The molecule has 0 bridgehead atoms. The minimum atomic E-state index is -1.06. The van der Waals surface area contributed by atoms with Gasteiger partial charge >= 0.3 is 0 Å². The Morgan fingerprint density at radius 2 is 1.89 bits per heavy atom. The van der Waals surface area contributed by atoms with Gasteiger partial charge in [0.15, 0.2) is 12.1 Å². The van der Waals surface area contributed by atoms with Gasteiger partial charge in [-0.2, -0.15) is 5.11 Å². The summed E-state index contributed by atoms with van der Waals surface area (Å²) in [6.07, 6.45) is 0. The lowest BCUT2D eigenvalue weighted by molar-refractivity contribution is -0.123. The number of nitrogens with zero attached hydrogens (tertiary/aromatic N) is 4. The molecule has 0 radical (unpaired) electrons. The highest BCUT2D eigenvalue weighted by molar-refractivity contribution is 6.30. The zero-order chi connectivity index (χ0) is 19.8. The zero-order valence-corrected chi connectivity index (χ0v) is 15.0. The number of nitrogens with one attached hydrogen (secondary N) is 1. The lowest BCUT2D eigenvalue weighted by Crippen LogP contribution is -2.43. The van der Waals surface area contributed by atoms with Crippen molar-refractivity contribution in [3.63, 3.8) is 0 Å². The summed E-state index contributed by atoms with van der Waals surface area (Å²) < 4.78 is 13.5. The molecule has 2 aliphatic heterocycles. The van der Waals surface area contributed by atoms with E-state index in [1.54, 1.807) is 24.3 Å². The summed E-state index contributed by atoms with van der Waals surface area (Å²) in [4.78, 5) is 38.5. The summed E-state index contributed by atoms with van der Waals surface area (Å²) in [6, 6.07) is 9.57. The van der Waals surface area contributed by atoms with Gasteiger partial charge in [-0.05, 0) is 42.5 Å². The maximum absolute atomic E-state index is 13.5. The lowest BCUT2D eigenvalue weighted by atomic mass is 10.1. The fourth-order valence-corrected chi connectivity index (χ4v) is 3.23. The molecule has 2 aromatic rings. The van der Waals surface area contributed by atoms with Gasteiger partial charge in [-0.1, -0.05) is 22.9 Å². The molecule has 8 nitrogen and oxygen atoms in total. The third-order valence-electron chi connectivity index (χ3n) is 4.36. The number of rotatable bonds is 4. The van der Waals surface area contributed by atoms with Crippen LogP contribution in [-0.4, -0.2) is 41.4 Å². The first-order valence-electron chi connectivity index (χ1n) is 8.30. The minimum absolute atomic E-state index is 0.116. The van der Waals surface area contributed by atoms with E-state index in [1.807, 2.05) is 0 Å². The second-order valence-electron chi connectivity index (χ2n) is 6.24. The van der Waals surface area contributed by atoms with Gasteiger partial charge in [-0.15, -0.1) is 0 Å². The third kappa shape index (κ3) is 3.20. The van der Waals surface area contributed by atoms with Gasteiger partial charge in [0.25, 0.3) is 11.8 Å². The molecule has 2 atom stereocenters. The van der Waals surface area contributed by atoms with Crippen LogP contribution in [0.15, 0.2) is 58.9 Å². The van der Waals surface area contributed by atoms with Crippen LogP contribution in [0.4, 0.5) is 15.8 Å². The van der Waals surface area contributed by atoms with Crippen molar-refractivity contribution in [1.29, 1.82) is 0 Å². The van der Waals surface area contributed by atoms with Crippen molar-refractivity contribution in [2.45, 2.75) is 12.1 Å². The van der Waals surface area contributed by atoms with Crippen LogP contribution >= 0.6 is 11.6 Å². The van der Waals surface area contributed by atoms with E-state index in [0.717, 1.165) is 16.0 Å². The van der Waals surface area contributed by atoms with Crippen molar-refractivity contribution >= 4 is 40.7 Å². The molecular weight excluding hydrogens is 389 g/mol. The third-order valence-corrected chi connectivity index (χ3v) is 4.61. The number of carbonyl (C=O) groups is 3. The van der Waals surface area contributed by atoms with Gasteiger partial charge in [-0.3, -0.25) is 19.4 Å². The average molecular weight is 402 g/mol. The molecule has 0 aromatic heterocycles. The van der Waals surface area contributed by atoms with E-state index < -0.39 is 35.6 Å². The number of halogens is 2. The SMILES string of the molecule is O=C(CN1N=N[C@H]2C(=O)N(c3cccc(F)c3)C(=O)[C@@H]21)Nc1ccc(Cl)cc1. The molecule has 1 N–H and O–H groups in total. The van der Waals surface area contributed by atoms with Crippen molar-refractivity contribution in [3.8, 4) is 0 Å². The molecule has 0 saturated carbocycles. The summed E-state index contributed by atoms with van der Waals surface area (Å²) in [5.41, 5.74) is 0.641. The van der Waals surface area contributed by atoms with Gasteiger partial charge in [0.1, 0.15) is 12.4 Å². The number of amides is 3. The predicted octanol–water partition coefficient (Wildman–Crippen LogP) is 2.41. The van der Waals surface area contributed by atoms with Crippen molar-refractivity contribution in [2.75, 3.05) is 16.8 Å². The number of hydrogen-bond acceptors (Lipinski definition) is 6. The largest absolute Gasteiger partial charge is 0.324 e. The molecule has 0 aliphatic carbocycles. The standard InChI is InChI=1S/C18H13ClFN5O3/c19-10-4-6-12(7-5-10)21-14(26)9-24-16-15(22-23-24)17(27)25(18(16)28)13-3-1-2-11(20)8-13/h1-8,15-16H,9H2,(H,21,26)/t15-,16-/m1/s1. The number of carbonyl (C=O) groups excluding carboxylic acids is 3. The van der Waals surface area contributed by atoms with Gasteiger partial charge in [0, 0.05) is 10.7 Å². The molecule has 0 spiro atoms. The number of anilines is 2. The van der Waals surface area contributed by atoms with E-state index >= 15 is 0 Å². The molecule has 3 amide bonds. The Labute approximate surface area is 163 Å². The van der Waals surface area contributed by atoms with Gasteiger partial charge in [0.2, 0.25) is 5.91 Å². The van der Waals surface area contributed by atoms with Crippen LogP contribution in [0.3, 0.4) is 0 Å². The molecule has 2 heterocycles.